The summed E-state index contributed by atoms with van der Waals surface area (Å²) in [4.78, 5) is 8.52. The SMILES string of the molecule is Clc1ccc2[nH]c3c4ccccc4nc(-c4ccccc4)c3c2c1. The minimum atomic E-state index is 0.732. The quantitative estimate of drug-likeness (QED) is 0.390. The Labute approximate surface area is 143 Å². The lowest BCUT2D eigenvalue weighted by Crippen LogP contribution is -1.88. The number of nitrogens with zero attached hydrogens (tertiary/aromatic N) is 1. The van der Waals surface area contributed by atoms with Crippen LogP contribution in [0.5, 0.6) is 0 Å². The molecule has 2 nitrogen and oxygen atoms in total. The second-order valence-corrected chi connectivity index (χ2v) is 6.34. The minimum absolute atomic E-state index is 0.732. The highest BCUT2D eigenvalue weighted by atomic mass is 35.5. The number of aromatic amines is 1. The molecule has 0 aliphatic heterocycles. The van der Waals surface area contributed by atoms with E-state index in [-0.39, 0.29) is 0 Å². The van der Waals surface area contributed by atoms with Gasteiger partial charge in [0.25, 0.3) is 0 Å². The number of rotatable bonds is 1. The van der Waals surface area contributed by atoms with Crippen LogP contribution in [0.2, 0.25) is 5.02 Å². The average Bonchev–Trinajstić information content (AvgIpc) is 3.01. The molecule has 0 spiro atoms. The zero-order valence-electron chi connectivity index (χ0n) is 12.8. The lowest BCUT2D eigenvalue weighted by atomic mass is 10.0. The second kappa shape index (κ2) is 5.08. The summed E-state index contributed by atoms with van der Waals surface area (Å²) in [7, 11) is 0. The first kappa shape index (κ1) is 13.6. The molecule has 0 unspecified atom stereocenters. The fourth-order valence-electron chi connectivity index (χ4n) is 3.38. The lowest BCUT2D eigenvalue weighted by Gasteiger charge is -2.07. The Morgan fingerprint density at radius 1 is 0.792 bits per heavy atom. The Bertz CT molecular complexity index is 1210. The number of benzene rings is 3. The molecule has 0 aliphatic rings. The van der Waals surface area contributed by atoms with Crippen molar-refractivity contribution in [2.45, 2.75) is 0 Å². The van der Waals surface area contributed by atoms with E-state index < -0.39 is 0 Å². The van der Waals surface area contributed by atoms with Crippen molar-refractivity contribution in [3.63, 3.8) is 0 Å². The third kappa shape index (κ3) is 1.93. The molecule has 24 heavy (non-hydrogen) atoms. The fourth-order valence-corrected chi connectivity index (χ4v) is 3.55. The molecule has 0 radical (unpaired) electrons. The number of halogens is 1. The summed E-state index contributed by atoms with van der Waals surface area (Å²) in [6, 6.07) is 24.5. The summed E-state index contributed by atoms with van der Waals surface area (Å²) in [6.45, 7) is 0. The molecule has 0 saturated carbocycles. The summed E-state index contributed by atoms with van der Waals surface area (Å²) < 4.78 is 0. The van der Waals surface area contributed by atoms with Crippen LogP contribution in [0.3, 0.4) is 0 Å². The number of H-pyrrole nitrogens is 1. The van der Waals surface area contributed by atoms with E-state index in [1.54, 1.807) is 0 Å². The topological polar surface area (TPSA) is 28.7 Å². The second-order valence-electron chi connectivity index (χ2n) is 5.91. The first-order chi connectivity index (χ1) is 11.8. The predicted molar refractivity (Wildman–Crippen MR) is 102 cm³/mol. The Morgan fingerprint density at radius 2 is 1.58 bits per heavy atom. The summed E-state index contributed by atoms with van der Waals surface area (Å²) in [5.41, 5.74) is 5.26. The lowest BCUT2D eigenvalue weighted by molar-refractivity contribution is 1.43. The Morgan fingerprint density at radius 3 is 2.46 bits per heavy atom. The van der Waals surface area contributed by atoms with Gasteiger partial charge in [-0.2, -0.15) is 0 Å². The number of para-hydroxylation sites is 1. The van der Waals surface area contributed by atoms with Gasteiger partial charge in [-0.05, 0) is 24.3 Å². The summed E-state index contributed by atoms with van der Waals surface area (Å²) in [5.74, 6) is 0. The predicted octanol–water partition coefficient (Wildman–Crippen LogP) is 6.19. The normalized spacial score (nSPS) is 11.5. The van der Waals surface area contributed by atoms with Gasteiger partial charge >= 0.3 is 0 Å². The van der Waals surface area contributed by atoms with Gasteiger partial charge < -0.3 is 4.98 Å². The molecule has 2 aromatic heterocycles. The standard InChI is InChI=1S/C21H13ClN2/c22-14-10-11-18-16(12-14)19-20(13-6-2-1-3-7-13)23-17-9-5-4-8-15(17)21(19)24-18/h1-12,24H. The molecular formula is C21H13ClN2. The maximum absolute atomic E-state index is 6.26. The van der Waals surface area contributed by atoms with Crippen molar-refractivity contribution in [2.75, 3.05) is 0 Å². The molecule has 0 bridgehead atoms. The molecule has 114 valence electrons. The van der Waals surface area contributed by atoms with E-state index in [0.29, 0.717) is 0 Å². The molecule has 0 fully saturated rings. The molecule has 5 aromatic rings. The fraction of sp³-hybridized carbons (Fsp3) is 0. The number of fused-ring (bicyclic) bond motifs is 5. The molecule has 0 saturated heterocycles. The Kier molecular flexibility index (Phi) is 2.88. The highest BCUT2D eigenvalue weighted by molar-refractivity contribution is 6.32. The van der Waals surface area contributed by atoms with Crippen LogP contribution in [0.1, 0.15) is 0 Å². The van der Waals surface area contributed by atoms with Crippen LogP contribution in [0.25, 0.3) is 44.0 Å². The van der Waals surface area contributed by atoms with Crippen molar-refractivity contribution >= 4 is 44.3 Å². The molecule has 3 aromatic carbocycles. The van der Waals surface area contributed by atoms with E-state index in [0.717, 1.165) is 49.0 Å². The first-order valence-electron chi connectivity index (χ1n) is 7.86. The summed E-state index contributed by atoms with van der Waals surface area (Å²) >= 11 is 6.26. The number of hydrogen-bond acceptors (Lipinski definition) is 1. The third-order valence-corrected chi connectivity index (χ3v) is 4.69. The maximum atomic E-state index is 6.26. The van der Waals surface area contributed by atoms with Crippen LogP contribution < -0.4 is 0 Å². The number of hydrogen-bond donors (Lipinski definition) is 1. The minimum Gasteiger partial charge on any atom is -0.354 e. The van der Waals surface area contributed by atoms with Gasteiger partial charge in [0, 0.05) is 32.3 Å². The van der Waals surface area contributed by atoms with Gasteiger partial charge in [0.2, 0.25) is 0 Å². The summed E-state index contributed by atoms with van der Waals surface area (Å²) in [5, 5.41) is 4.09. The van der Waals surface area contributed by atoms with Crippen LogP contribution in [0.4, 0.5) is 0 Å². The van der Waals surface area contributed by atoms with E-state index in [1.807, 2.05) is 48.5 Å². The van der Waals surface area contributed by atoms with E-state index in [9.17, 15) is 0 Å². The van der Waals surface area contributed by atoms with Gasteiger partial charge in [-0.1, -0.05) is 60.1 Å². The first-order valence-corrected chi connectivity index (χ1v) is 8.24. The van der Waals surface area contributed by atoms with E-state index in [2.05, 4.69) is 29.2 Å². The van der Waals surface area contributed by atoms with Gasteiger partial charge in [0.15, 0.2) is 0 Å². The van der Waals surface area contributed by atoms with Crippen LogP contribution in [0, 0.1) is 0 Å². The van der Waals surface area contributed by atoms with Crippen LogP contribution >= 0.6 is 11.6 Å². The van der Waals surface area contributed by atoms with E-state index >= 15 is 0 Å². The van der Waals surface area contributed by atoms with Gasteiger partial charge in [0.05, 0.1) is 16.7 Å². The highest BCUT2D eigenvalue weighted by Gasteiger charge is 2.15. The average molecular weight is 329 g/mol. The zero-order valence-corrected chi connectivity index (χ0v) is 13.5. The molecular weight excluding hydrogens is 316 g/mol. The van der Waals surface area contributed by atoms with Gasteiger partial charge in [-0.25, -0.2) is 4.98 Å². The Hall–Kier alpha value is -2.84. The molecule has 2 heterocycles. The van der Waals surface area contributed by atoms with Crippen molar-refractivity contribution in [3.8, 4) is 11.3 Å². The Balaban J connectivity index is 2.06. The van der Waals surface area contributed by atoms with E-state index in [1.165, 1.54) is 0 Å². The summed E-state index contributed by atoms with van der Waals surface area (Å²) in [6.07, 6.45) is 0. The highest BCUT2D eigenvalue weighted by Crippen LogP contribution is 2.37. The van der Waals surface area contributed by atoms with Gasteiger partial charge in [-0.15, -0.1) is 0 Å². The molecule has 3 heteroatoms. The molecule has 0 aliphatic carbocycles. The third-order valence-electron chi connectivity index (χ3n) is 4.45. The van der Waals surface area contributed by atoms with E-state index in [4.69, 9.17) is 16.6 Å². The largest absolute Gasteiger partial charge is 0.354 e. The monoisotopic (exact) mass is 328 g/mol. The zero-order chi connectivity index (χ0) is 16.1. The number of pyridine rings is 1. The van der Waals surface area contributed by atoms with Crippen molar-refractivity contribution < 1.29 is 0 Å². The number of nitrogens with one attached hydrogen (secondary N) is 1. The van der Waals surface area contributed by atoms with Crippen molar-refractivity contribution in [3.05, 3.63) is 77.8 Å². The molecule has 0 atom stereocenters. The van der Waals surface area contributed by atoms with Gasteiger partial charge in [0.1, 0.15) is 0 Å². The number of aromatic nitrogens is 2. The van der Waals surface area contributed by atoms with Crippen molar-refractivity contribution in [1.82, 2.24) is 9.97 Å². The molecule has 1 N–H and O–H groups in total. The van der Waals surface area contributed by atoms with Crippen LogP contribution in [-0.2, 0) is 0 Å². The van der Waals surface area contributed by atoms with Crippen molar-refractivity contribution in [1.29, 1.82) is 0 Å². The maximum Gasteiger partial charge on any atom is 0.0809 e. The molecule has 0 amide bonds. The molecule has 5 rings (SSSR count). The van der Waals surface area contributed by atoms with Crippen LogP contribution in [-0.4, -0.2) is 9.97 Å². The van der Waals surface area contributed by atoms with Crippen LogP contribution in [0.15, 0.2) is 72.8 Å². The van der Waals surface area contributed by atoms with Crippen molar-refractivity contribution in [2.24, 2.45) is 0 Å². The smallest absolute Gasteiger partial charge is 0.0809 e. The van der Waals surface area contributed by atoms with Gasteiger partial charge in [-0.3, -0.25) is 0 Å².